The first-order valence-electron chi connectivity index (χ1n) is 6.41. The van der Waals surface area contributed by atoms with Crippen LogP contribution in [-0.2, 0) is 4.74 Å². The molecule has 116 valence electrons. The topological polar surface area (TPSA) is 116 Å². The number of halogens is 2. The molecule has 0 unspecified atom stereocenters. The van der Waals surface area contributed by atoms with Crippen LogP contribution in [0, 0.1) is 0 Å². The van der Waals surface area contributed by atoms with E-state index in [-0.39, 0.29) is 19.0 Å². The molecule has 0 radical (unpaired) electrons. The van der Waals surface area contributed by atoms with Crippen molar-refractivity contribution in [3.63, 3.8) is 0 Å². The van der Waals surface area contributed by atoms with Crippen LogP contribution in [0.25, 0.3) is 21.5 Å². The number of imidazole rings is 1. The number of nitrogens with zero attached hydrogens (tertiary/aromatic N) is 5. The lowest BCUT2D eigenvalue weighted by atomic mass is 10.2. The zero-order valence-electron chi connectivity index (χ0n) is 11.1. The van der Waals surface area contributed by atoms with Gasteiger partial charge in [0, 0.05) is 11.3 Å². The van der Waals surface area contributed by atoms with Crippen LogP contribution in [0.15, 0.2) is 17.2 Å². The Hall–Kier alpha value is -1.54. The number of azide groups is 1. The minimum absolute atomic E-state index is 0.0756. The molecule has 22 heavy (non-hydrogen) atoms. The fourth-order valence-electron chi connectivity index (χ4n) is 2.51. The number of aliphatic hydroxyl groups is 2. The Kier molecular flexibility index (Phi) is 4.14. The van der Waals surface area contributed by atoms with Crippen molar-refractivity contribution in [1.82, 2.24) is 9.55 Å². The van der Waals surface area contributed by atoms with E-state index in [2.05, 4.69) is 15.0 Å². The smallest absolute Gasteiger partial charge is 0.200 e. The number of rotatable bonds is 3. The molecule has 10 heteroatoms. The molecule has 3 atom stereocenters. The summed E-state index contributed by atoms with van der Waals surface area (Å²) < 4.78 is 7.13. The van der Waals surface area contributed by atoms with Gasteiger partial charge in [0.2, 0.25) is 0 Å². The maximum atomic E-state index is 9.88. The predicted molar refractivity (Wildman–Crippen MR) is 80.2 cm³/mol. The highest BCUT2D eigenvalue weighted by Gasteiger charge is 2.36. The molecule has 0 bridgehead atoms. The maximum Gasteiger partial charge on any atom is 0.200 e. The molecular weight excluding hydrogens is 333 g/mol. The second kappa shape index (κ2) is 5.92. The van der Waals surface area contributed by atoms with Crippen molar-refractivity contribution in [3.8, 4) is 0 Å². The second-order valence-electron chi connectivity index (χ2n) is 4.84. The van der Waals surface area contributed by atoms with Crippen molar-refractivity contribution in [2.75, 3.05) is 6.61 Å². The van der Waals surface area contributed by atoms with E-state index in [1.54, 1.807) is 12.1 Å². The predicted octanol–water partition coefficient (Wildman–Crippen LogP) is 2.93. The Morgan fingerprint density at radius 2 is 2.18 bits per heavy atom. The fourth-order valence-corrected chi connectivity index (χ4v) is 2.83. The minimum atomic E-state index is -0.825. The molecule has 1 aromatic carbocycles. The molecule has 0 amide bonds. The van der Waals surface area contributed by atoms with E-state index >= 15 is 0 Å². The zero-order valence-corrected chi connectivity index (χ0v) is 12.6. The van der Waals surface area contributed by atoms with Crippen LogP contribution in [0.2, 0.25) is 10.0 Å². The Balaban J connectivity index is 2.16. The third-order valence-electron chi connectivity index (χ3n) is 3.52. The number of benzene rings is 1. The summed E-state index contributed by atoms with van der Waals surface area (Å²) >= 11 is 12.0. The van der Waals surface area contributed by atoms with Crippen LogP contribution in [0.5, 0.6) is 0 Å². The maximum absolute atomic E-state index is 9.88. The molecule has 2 N–H and O–H groups in total. The average Bonchev–Trinajstić information content (AvgIpc) is 3.00. The van der Waals surface area contributed by atoms with Gasteiger partial charge < -0.3 is 14.9 Å². The van der Waals surface area contributed by atoms with E-state index < -0.39 is 18.4 Å². The molecule has 0 spiro atoms. The fraction of sp³-hybridized carbons (Fsp3) is 0.417. The van der Waals surface area contributed by atoms with Gasteiger partial charge in [0.25, 0.3) is 0 Å². The highest BCUT2D eigenvalue weighted by Crippen LogP contribution is 2.37. The molecule has 0 saturated carbocycles. The Labute approximate surface area is 134 Å². The van der Waals surface area contributed by atoms with E-state index in [1.165, 1.54) is 4.57 Å². The van der Waals surface area contributed by atoms with Crippen LogP contribution in [0.4, 0.5) is 5.95 Å². The first kappa shape index (κ1) is 15.4. The lowest BCUT2D eigenvalue weighted by Crippen LogP contribution is -2.24. The lowest BCUT2D eigenvalue weighted by molar-refractivity contribution is -0.0425. The van der Waals surface area contributed by atoms with Gasteiger partial charge in [-0.3, -0.25) is 4.57 Å². The number of aliphatic hydroxyl groups excluding tert-OH is 2. The van der Waals surface area contributed by atoms with Crippen molar-refractivity contribution in [1.29, 1.82) is 0 Å². The van der Waals surface area contributed by atoms with Crippen molar-refractivity contribution >= 4 is 40.2 Å². The first-order chi connectivity index (χ1) is 10.5. The van der Waals surface area contributed by atoms with Gasteiger partial charge in [-0.05, 0) is 22.8 Å². The number of fused-ring (bicyclic) bond motifs is 1. The molecule has 1 aliphatic rings. The molecule has 1 aliphatic heterocycles. The standard InChI is InChI=1S/C12H11Cl2N5O3/c13-5-1-7-8(2-6(5)14)19(12(16-7)17-18-15)11-3-9(21)10(4-20)22-11/h1-2,9-11,20-21H,3-4H2/t9-,10+,11-/m0/s1. The molecule has 0 aliphatic carbocycles. The molecule has 3 rings (SSSR count). The Bertz CT molecular complexity index is 774. The van der Waals surface area contributed by atoms with Gasteiger partial charge >= 0.3 is 0 Å². The number of hydrogen-bond acceptors (Lipinski definition) is 5. The molecule has 8 nitrogen and oxygen atoms in total. The minimum Gasteiger partial charge on any atom is -0.394 e. The summed E-state index contributed by atoms with van der Waals surface area (Å²) in [5.41, 5.74) is 9.74. The normalized spacial score (nSPS) is 24.6. The summed E-state index contributed by atoms with van der Waals surface area (Å²) in [6.45, 7) is -0.312. The van der Waals surface area contributed by atoms with Gasteiger partial charge in [0.05, 0.1) is 33.8 Å². The summed E-state index contributed by atoms with van der Waals surface area (Å²) in [4.78, 5) is 6.94. The summed E-state index contributed by atoms with van der Waals surface area (Å²) in [7, 11) is 0. The van der Waals surface area contributed by atoms with Gasteiger partial charge in [-0.2, -0.15) is 0 Å². The van der Waals surface area contributed by atoms with Crippen molar-refractivity contribution in [2.45, 2.75) is 24.9 Å². The van der Waals surface area contributed by atoms with Crippen LogP contribution in [-0.4, -0.2) is 38.6 Å². The molecule has 1 aromatic heterocycles. The first-order valence-corrected chi connectivity index (χ1v) is 7.17. The lowest BCUT2D eigenvalue weighted by Gasteiger charge is -2.15. The van der Waals surface area contributed by atoms with Crippen LogP contribution in [0.3, 0.4) is 0 Å². The van der Waals surface area contributed by atoms with Crippen LogP contribution in [0.1, 0.15) is 12.6 Å². The van der Waals surface area contributed by atoms with Crippen molar-refractivity contribution in [3.05, 3.63) is 32.6 Å². The van der Waals surface area contributed by atoms with Crippen LogP contribution < -0.4 is 0 Å². The molecule has 1 saturated heterocycles. The highest BCUT2D eigenvalue weighted by atomic mass is 35.5. The molecule has 2 heterocycles. The van der Waals surface area contributed by atoms with E-state index in [0.717, 1.165) is 0 Å². The SMILES string of the molecule is [N-]=[N+]=Nc1nc2cc(Cl)c(Cl)cc2n1[C@@H]1C[C@H](O)[C@@H](CO)O1. The van der Waals surface area contributed by atoms with E-state index in [1.807, 2.05) is 0 Å². The van der Waals surface area contributed by atoms with Gasteiger partial charge in [0.1, 0.15) is 12.3 Å². The molecule has 1 fully saturated rings. The number of hydrogen-bond donors (Lipinski definition) is 2. The number of aromatic nitrogens is 2. The van der Waals surface area contributed by atoms with Crippen molar-refractivity contribution in [2.24, 2.45) is 5.11 Å². The average molecular weight is 344 g/mol. The van der Waals surface area contributed by atoms with Crippen LogP contribution >= 0.6 is 23.2 Å². The Morgan fingerprint density at radius 1 is 1.45 bits per heavy atom. The third kappa shape index (κ3) is 2.50. The zero-order chi connectivity index (χ0) is 15.9. The summed E-state index contributed by atoms with van der Waals surface area (Å²) in [5.74, 6) is 0.0756. The van der Waals surface area contributed by atoms with Gasteiger partial charge in [0.15, 0.2) is 5.95 Å². The highest BCUT2D eigenvalue weighted by molar-refractivity contribution is 6.42. The Morgan fingerprint density at radius 3 is 2.82 bits per heavy atom. The molecular formula is C12H11Cl2N5O3. The number of ether oxygens (including phenoxy) is 1. The molecule has 2 aromatic rings. The van der Waals surface area contributed by atoms with E-state index in [4.69, 9.17) is 33.5 Å². The van der Waals surface area contributed by atoms with E-state index in [0.29, 0.717) is 21.1 Å². The van der Waals surface area contributed by atoms with Crippen molar-refractivity contribution < 1.29 is 14.9 Å². The largest absolute Gasteiger partial charge is 0.394 e. The van der Waals surface area contributed by atoms with Gasteiger partial charge in [-0.15, -0.1) is 0 Å². The van der Waals surface area contributed by atoms with Gasteiger partial charge in [-0.25, -0.2) is 4.98 Å². The summed E-state index contributed by atoms with van der Waals surface area (Å²) in [6.07, 6.45) is -1.93. The summed E-state index contributed by atoms with van der Waals surface area (Å²) in [6, 6.07) is 3.14. The van der Waals surface area contributed by atoms with E-state index in [9.17, 15) is 10.2 Å². The van der Waals surface area contributed by atoms with Gasteiger partial charge in [-0.1, -0.05) is 23.2 Å². The quantitative estimate of drug-likeness (QED) is 0.506. The summed E-state index contributed by atoms with van der Waals surface area (Å²) in [5, 5.41) is 23.3. The monoisotopic (exact) mass is 343 g/mol. The second-order valence-corrected chi connectivity index (χ2v) is 5.66. The third-order valence-corrected chi connectivity index (χ3v) is 4.24.